The van der Waals surface area contributed by atoms with Crippen LogP contribution in [0.15, 0.2) is 23.6 Å². The average molecular weight is 359 g/mol. The van der Waals surface area contributed by atoms with E-state index in [-0.39, 0.29) is 18.7 Å². The van der Waals surface area contributed by atoms with Gasteiger partial charge in [0.1, 0.15) is 5.01 Å². The molecule has 1 fully saturated rings. The van der Waals surface area contributed by atoms with E-state index < -0.39 is 0 Å². The fraction of sp³-hybridized carbons (Fsp3) is 0.444. The van der Waals surface area contributed by atoms with Crippen LogP contribution in [0.25, 0.3) is 10.6 Å². The first-order valence-electron chi connectivity index (χ1n) is 8.58. The maximum atomic E-state index is 12.6. The lowest BCUT2D eigenvalue weighted by Gasteiger charge is -2.35. The van der Waals surface area contributed by atoms with Crippen LogP contribution in [0.1, 0.15) is 25.0 Å². The molecule has 2 aromatic rings. The van der Waals surface area contributed by atoms with Gasteiger partial charge in [-0.15, -0.1) is 11.3 Å². The zero-order valence-corrected chi connectivity index (χ0v) is 14.8. The number of hydrogen-bond donors (Lipinski definition) is 1. The van der Waals surface area contributed by atoms with Gasteiger partial charge in [-0.05, 0) is 37.5 Å². The number of thiazole rings is 1. The molecule has 1 saturated heterocycles. The molecule has 3 heterocycles. The number of fused-ring (bicyclic) bond motifs is 1. The highest BCUT2D eigenvalue weighted by atomic mass is 32.1. The van der Waals surface area contributed by atoms with Crippen molar-refractivity contribution in [1.29, 1.82) is 0 Å². The second-order valence-corrected chi connectivity index (χ2v) is 7.22. The van der Waals surface area contributed by atoms with Crippen molar-refractivity contribution < 1.29 is 14.3 Å². The summed E-state index contributed by atoms with van der Waals surface area (Å²) in [6, 6.07) is 5.96. The molecule has 1 amide bonds. The Morgan fingerprint density at radius 3 is 3.08 bits per heavy atom. The number of hydrogen-bond acceptors (Lipinski definition) is 6. The maximum Gasteiger partial charge on any atom is 0.231 e. The van der Waals surface area contributed by atoms with E-state index in [1.54, 1.807) is 11.3 Å². The van der Waals surface area contributed by atoms with Crippen molar-refractivity contribution in [3.8, 4) is 22.1 Å². The summed E-state index contributed by atoms with van der Waals surface area (Å²) in [5.74, 6) is 1.62. The largest absolute Gasteiger partial charge is 0.454 e. The van der Waals surface area contributed by atoms with Gasteiger partial charge >= 0.3 is 0 Å². The van der Waals surface area contributed by atoms with Crippen LogP contribution in [0.5, 0.6) is 11.5 Å². The van der Waals surface area contributed by atoms with Crippen LogP contribution >= 0.6 is 11.3 Å². The lowest BCUT2D eigenvalue weighted by molar-refractivity contribution is -0.133. The first kappa shape index (κ1) is 16.4. The van der Waals surface area contributed by atoms with Gasteiger partial charge in [0.2, 0.25) is 12.7 Å². The van der Waals surface area contributed by atoms with Gasteiger partial charge in [-0.3, -0.25) is 4.79 Å². The predicted molar refractivity (Wildman–Crippen MR) is 95.8 cm³/mol. The van der Waals surface area contributed by atoms with E-state index in [0.717, 1.165) is 53.6 Å². The van der Waals surface area contributed by atoms with Crippen molar-refractivity contribution in [3.05, 3.63) is 29.3 Å². The Hall–Kier alpha value is -2.12. The topological polar surface area (TPSA) is 77.7 Å². The smallest absolute Gasteiger partial charge is 0.231 e. The summed E-state index contributed by atoms with van der Waals surface area (Å²) in [6.45, 7) is 1.60. The van der Waals surface area contributed by atoms with Gasteiger partial charge < -0.3 is 20.1 Å². The van der Waals surface area contributed by atoms with E-state index in [2.05, 4.69) is 4.98 Å². The third kappa shape index (κ3) is 3.34. The van der Waals surface area contributed by atoms with Crippen molar-refractivity contribution >= 4 is 17.2 Å². The molecule has 6 nitrogen and oxygen atoms in total. The van der Waals surface area contributed by atoms with Crippen LogP contribution in [-0.4, -0.2) is 41.7 Å². The van der Waals surface area contributed by atoms with E-state index in [0.29, 0.717) is 13.0 Å². The number of rotatable bonds is 4. The van der Waals surface area contributed by atoms with Crippen LogP contribution in [0.3, 0.4) is 0 Å². The number of carbonyl (C=O) groups excluding carboxylic acids is 1. The molecule has 2 aliphatic rings. The quantitative estimate of drug-likeness (QED) is 0.907. The highest BCUT2D eigenvalue weighted by Gasteiger charge is 2.26. The number of ether oxygens (including phenoxy) is 2. The Balaban J connectivity index is 1.47. The zero-order chi connectivity index (χ0) is 17.2. The standard InChI is InChI=1S/C18H21N3O3S/c19-9-14-3-1-2-6-21(14)17(22)8-13-10-25-18(20-13)12-4-5-15-16(7-12)24-11-23-15/h4-5,7,10,14H,1-3,6,8-9,11,19H2. The van der Waals surface area contributed by atoms with Gasteiger partial charge in [-0.2, -0.15) is 0 Å². The molecule has 0 radical (unpaired) electrons. The Bertz CT molecular complexity index is 777. The molecule has 2 N–H and O–H groups in total. The van der Waals surface area contributed by atoms with Gasteiger partial charge in [0.25, 0.3) is 0 Å². The van der Waals surface area contributed by atoms with Crippen molar-refractivity contribution in [2.75, 3.05) is 19.9 Å². The van der Waals surface area contributed by atoms with E-state index >= 15 is 0 Å². The molecule has 0 saturated carbocycles. The highest BCUT2D eigenvalue weighted by molar-refractivity contribution is 7.13. The van der Waals surface area contributed by atoms with E-state index in [4.69, 9.17) is 15.2 Å². The Morgan fingerprint density at radius 2 is 2.20 bits per heavy atom. The molecule has 4 rings (SSSR count). The molecular weight excluding hydrogens is 338 g/mol. The number of nitrogens with zero attached hydrogens (tertiary/aromatic N) is 2. The number of likely N-dealkylation sites (tertiary alicyclic amines) is 1. The SMILES string of the molecule is NCC1CCCCN1C(=O)Cc1csc(-c2ccc3c(c2)OCO3)n1. The molecule has 7 heteroatoms. The number of amides is 1. The summed E-state index contributed by atoms with van der Waals surface area (Å²) < 4.78 is 10.8. The lowest BCUT2D eigenvalue weighted by Crippen LogP contribution is -2.48. The van der Waals surface area contributed by atoms with Crippen LogP contribution in [0.2, 0.25) is 0 Å². The van der Waals surface area contributed by atoms with Crippen molar-refractivity contribution in [1.82, 2.24) is 9.88 Å². The third-order valence-corrected chi connectivity index (χ3v) is 5.66. The molecule has 25 heavy (non-hydrogen) atoms. The van der Waals surface area contributed by atoms with Crippen LogP contribution in [-0.2, 0) is 11.2 Å². The monoisotopic (exact) mass is 359 g/mol. The number of piperidine rings is 1. The molecule has 1 aromatic carbocycles. The summed E-state index contributed by atoms with van der Waals surface area (Å²) >= 11 is 1.54. The minimum Gasteiger partial charge on any atom is -0.454 e. The van der Waals surface area contributed by atoms with Gasteiger partial charge in [0.05, 0.1) is 12.1 Å². The van der Waals surface area contributed by atoms with Crippen molar-refractivity contribution in [2.45, 2.75) is 31.7 Å². The van der Waals surface area contributed by atoms with Gasteiger partial charge in [0, 0.05) is 30.1 Å². The number of nitrogens with two attached hydrogens (primary N) is 1. The molecule has 132 valence electrons. The summed E-state index contributed by atoms with van der Waals surface area (Å²) in [4.78, 5) is 19.2. The van der Waals surface area contributed by atoms with Gasteiger partial charge in [-0.1, -0.05) is 0 Å². The minimum atomic E-state index is 0.123. The van der Waals surface area contributed by atoms with E-state index in [1.165, 1.54) is 0 Å². The minimum absolute atomic E-state index is 0.123. The van der Waals surface area contributed by atoms with E-state index in [1.807, 2.05) is 28.5 Å². The Kier molecular flexibility index (Phi) is 4.59. The first-order chi connectivity index (χ1) is 12.2. The van der Waals surface area contributed by atoms with E-state index in [9.17, 15) is 4.79 Å². The molecule has 0 aliphatic carbocycles. The fourth-order valence-electron chi connectivity index (χ4n) is 3.38. The Labute approximate surface area is 150 Å². The first-order valence-corrected chi connectivity index (χ1v) is 9.46. The van der Waals surface area contributed by atoms with Crippen LogP contribution < -0.4 is 15.2 Å². The average Bonchev–Trinajstić information content (AvgIpc) is 3.30. The maximum absolute atomic E-state index is 12.6. The normalized spacial score (nSPS) is 19.2. The molecule has 0 bridgehead atoms. The second kappa shape index (κ2) is 7.01. The fourth-order valence-corrected chi connectivity index (χ4v) is 4.20. The van der Waals surface area contributed by atoms with Crippen LogP contribution in [0, 0.1) is 0 Å². The van der Waals surface area contributed by atoms with Crippen molar-refractivity contribution in [3.63, 3.8) is 0 Å². The lowest BCUT2D eigenvalue weighted by atomic mass is 10.0. The highest BCUT2D eigenvalue weighted by Crippen LogP contribution is 2.36. The molecule has 1 atom stereocenters. The zero-order valence-electron chi connectivity index (χ0n) is 13.9. The number of aromatic nitrogens is 1. The summed E-state index contributed by atoms with van der Waals surface area (Å²) in [5, 5.41) is 2.84. The van der Waals surface area contributed by atoms with Crippen molar-refractivity contribution in [2.24, 2.45) is 5.73 Å². The predicted octanol–water partition coefficient (Wildman–Crippen LogP) is 2.42. The Morgan fingerprint density at radius 1 is 1.32 bits per heavy atom. The molecule has 1 aromatic heterocycles. The second-order valence-electron chi connectivity index (χ2n) is 6.36. The van der Waals surface area contributed by atoms with Crippen LogP contribution in [0.4, 0.5) is 0 Å². The third-order valence-electron chi connectivity index (χ3n) is 4.72. The summed E-state index contributed by atoms with van der Waals surface area (Å²) in [7, 11) is 0. The molecule has 1 unspecified atom stereocenters. The summed E-state index contributed by atoms with van der Waals surface area (Å²) in [6.07, 6.45) is 3.54. The van der Waals surface area contributed by atoms with Gasteiger partial charge in [-0.25, -0.2) is 4.98 Å². The number of benzene rings is 1. The number of carbonyl (C=O) groups is 1. The summed E-state index contributed by atoms with van der Waals surface area (Å²) in [5.41, 5.74) is 7.61. The molecular formula is C18H21N3O3S. The molecule has 0 spiro atoms. The molecule has 2 aliphatic heterocycles. The van der Waals surface area contributed by atoms with Gasteiger partial charge in [0.15, 0.2) is 11.5 Å².